The van der Waals surface area contributed by atoms with Gasteiger partial charge in [-0.2, -0.15) is 5.10 Å². The van der Waals surface area contributed by atoms with Gasteiger partial charge in [-0.1, -0.05) is 11.6 Å². The molecule has 27 heavy (non-hydrogen) atoms. The Morgan fingerprint density at radius 1 is 1.33 bits per heavy atom. The molecule has 2 aliphatic rings. The highest BCUT2D eigenvalue weighted by Gasteiger charge is 2.59. The minimum absolute atomic E-state index is 0.00458. The number of alkyl halides is 2. The second-order valence-electron chi connectivity index (χ2n) is 7.61. The molecule has 0 amide bonds. The second kappa shape index (κ2) is 6.37. The standard InChI is InChI=1S/C17H20ClF2N3O3S/c1-27(25,26)23-7-9-2-3-10(8-23)14(9)17(19,20)16(24)13-5-12(18)4-11-6-21-22-15(11)13/h4-6,9-10,14,16,24H,2-3,7-8H2,1H3,(H,21,22)/t9-,10?,14-,16?/m0/s1. The first-order valence-electron chi connectivity index (χ1n) is 8.72. The fourth-order valence-electron chi connectivity index (χ4n) is 4.73. The highest BCUT2D eigenvalue weighted by atomic mass is 35.5. The lowest BCUT2D eigenvalue weighted by Crippen LogP contribution is -2.51. The fourth-order valence-corrected chi connectivity index (χ4v) is 5.89. The van der Waals surface area contributed by atoms with Crippen LogP contribution in [0.4, 0.5) is 8.78 Å². The molecule has 2 unspecified atom stereocenters. The van der Waals surface area contributed by atoms with Crippen LogP contribution < -0.4 is 0 Å². The molecule has 1 aromatic heterocycles. The van der Waals surface area contributed by atoms with Crippen LogP contribution in [0.1, 0.15) is 24.5 Å². The van der Waals surface area contributed by atoms with Crippen LogP contribution in [-0.4, -0.2) is 53.3 Å². The van der Waals surface area contributed by atoms with Crippen molar-refractivity contribution < 1.29 is 22.3 Å². The summed E-state index contributed by atoms with van der Waals surface area (Å²) in [7, 11) is -3.42. The summed E-state index contributed by atoms with van der Waals surface area (Å²) < 4.78 is 55.8. The third-order valence-electron chi connectivity index (χ3n) is 5.92. The number of halogens is 3. The molecular formula is C17H20ClF2N3O3S. The van der Waals surface area contributed by atoms with Crippen molar-refractivity contribution >= 4 is 32.5 Å². The van der Waals surface area contributed by atoms with Crippen LogP contribution in [-0.2, 0) is 10.0 Å². The lowest BCUT2D eigenvalue weighted by atomic mass is 9.77. The van der Waals surface area contributed by atoms with E-state index < -0.39 is 39.8 Å². The van der Waals surface area contributed by atoms with Crippen molar-refractivity contribution in [3.8, 4) is 0 Å². The Morgan fingerprint density at radius 2 is 1.96 bits per heavy atom. The van der Waals surface area contributed by atoms with Crippen LogP contribution in [0.25, 0.3) is 10.9 Å². The zero-order valence-corrected chi connectivity index (χ0v) is 16.1. The second-order valence-corrected chi connectivity index (χ2v) is 10.0. The van der Waals surface area contributed by atoms with Gasteiger partial charge in [0.05, 0.1) is 18.0 Å². The van der Waals surface area contributed by atoms with Crippen molar-refractivity contribution in [2.24, 2.45) is 17.8 Å². The molecule has 2 heterocycles. The average Bonchev–Trinajstić information content (AvgIpc) is 3.14. The number of hydrogen-bond acceptors (Lipinski definition) is 4. The maximum atomic E-state index is 15.4. The Labute approximate surface area is 160 Å². The first-order chi connectivity index (χ1) is 12.6. The van der Waals surface area contributed by atoms with E-state index in [9.17, 15) is 13.5 Å². The van der Waals surface area contributed by atoms with Gasteiger partial charge in [0.15, 0.2) is 0 Å². The van der Waals surface area contributed by atoms with Gasteiger partial charge in [0.1, 0.15) is 6.10 Å². The molecule has 1 saturated heterocycles. The van der Waals surface area contributed by atoms with Gasteiger partial charge < -0.3 is 5.11 Å². The molecule has 2 aromatic rings. The number of aromatic nitrogens is 2. The zero-order chi connectivity index (χ0) is 19.6. The molecule has 148 valence electrons. The number of H-pyrrole nitrogens is 1. The van der Waals surface area contributed by atoms with Gasteiger partial charge in [-0.05, 0) is 36.8 Å². The number of aromatic amines is 1. The van der Waals surface area contributed by atoms with E-state index >= 15 is 8.78 Å². The Kier molecular flexibility index (Phi) is 4.49. The predicted octanol–water partition coefficient (Wildman–Crippen LogP) is 2.80. The molecule has 0 radical (unpaired) electrons. The van der Waals surface area contributed by atoms with E-state index in [0.717, 1.165) is 6.26 Å². The maximum Gasteiger partial charge on any atom is 0.281 e. The summed E-state index contributed by atoms with van der Waals surface area (Å²) in [6.45, 7) is 0.134. The minimum Gasteiger partial charge on any atom is -0.382 e. The number of benzene rings is 1. The van der Waals surface area contributed by atoms with Crippen LogP contribution in [0.3, 0.4) is 0 Å². The van der Waals surface area contributed by atoms with E-state index in [-0.39, 0.29) is 23.7 Å². The first kappa shape index (κ1) is 19.0. The summed E-state index contributed by atoms with van der Waals surface area (Å²) in [5, 5.41) is 17.9. The Balaban J connectivity index is 1.68. The number of fused-ring (bicyclic) bond motifs is 3. The van der Waals surface area contributed by atoms with Crippen LogP contribution in [0.5, 0.6) is 0 Å². The van der Waals surface area contributed by atoms with Gasteiger partial charge in [-0.15, -0.1) is 0 Å². The van der Waals surface area contributed by atoms with Gasteiger partial charge in [-0.25, -0.2) is 21.5 Å². The van der Waals surface area contributed by atoms with Crippen molar-refractivity contribution in [2.75, 3.05) is 19.3 Å². The van der Waals surface area contributed by atoms with E-state index in [1.807, 2.05) is 0 Å². The quantitative estimate of drug-likeness (QED) is 0.797. The highest BCUT2D eigenvalue weighted by Crippen LogP contribution is 2.54. The Hall–Kier alpha value is -1.29. The van der Waals surface area contributed by atoms with Crippen LogP contribution in [0.15, 0.2) is 18.3 Å². The van der Waals surface area contributed by atoms with Crippen molar-refractivity contribution in [3.05, 3.63) is 28.9 Å². The number of piperidine rings is 1. The summed E-state index contributed by atoms with van der Waals surface area (Å²) in [5.41, 5.74) is 0.331. The number of sulfonamides is 1. The molecule has 1 aliphatic heterocycles. The number of hydrogen-bond donors (Lipinski definition) is 2. The molecule has 6 nitrogen and oxygen atoms in total. The number of aliphatic hydroxyl groups is 1. The predicted molar refractivity (Wildman–Crippen MR) is 97.1 cm³/mol. The largest absolute Gasteiger partial charge is 0.382 e. The van der Waals surface area contributed by atoms with Gasteiger partial charge >= 0.3 is 0 Å². The normalized spacial score (nSPS) is 28.0. The smallest absolute Gasteiger partial charge is 0.281 e. The van der Waals surface area contributed by atoms with Crippen molar-refractivity contribution in [2.45, 2.75) is 24.9 Å². The third-order valence-corrected chi connectivity index (χ3v) is 7.37. The van der Waals surface area contributed by atoms with E-state index in [2.05, 4.69) is 10.2 Å². The summed E-state index contributed by atoms with van der Waals surface area (Å²) in [5.74, 6) is -5.47. The fraction of sp³-hybridized carbons (Fsp3) is 0.588. The average molecular weight is 420 g/mol. The monoisotopic (exact) mass is 419 g/mol. The van der Waals surface area contributed by atoms with Crippen molar-refractivity contribution in [3.63, 3.8) is 0 Å². The van der Waals surface area contributed by atoms with Crippen LogP contribution in [0.2, 0.25) is 5.02 Å². The molecule has 4 rings (SSSR count). The summed E-state index contributed by atoms with van der Waals surface area (Å²) in [6.07, 6.45) is 1.55. The molecule has 1 aromatic carbocycles. The molecule has 1 aliphatic carbocycles. The Bertz CT molecular complexity index is 967. The molecule has 10 heteroatoms. The maximum absolute atomic E-state index is 15.4. The minimum atomic E-state index is -3.42. The van der Waals surface area contributed by atoms with E-state index in [0.29, 0.717) is 23.7 Å². The summed E-state index contributed by atoms with van der Waals surface area (Å²) in [4.78, 5) is 0. The molecule has 2 N–H and O–H groups in total. The number of nitrogens with one attached hydrogen (secondary N) is 1. The molecule has 0 spiro atoms. The molecule has 4 atom stereocenters. The topological polar surface area (TPSA) is 86.3 Å². The zero-order valence-electron chi connectivity index (χ0n) is 14.6. The lowest BCUT2D eigenvalue weighted by molar-refractivity contribution is -0.176. The summed E-state index contributed by atoms with van der Waals surface area (Å²) >= 11 is 6.03. The van der Waals surface area contributed by atoms with E-state index in [1.165, 1.54) is 16.6 Å². The number of rotatable bonds is 4. The lowest BCUT2D eigenvalue weighted by Gasteiger charge is -2.42. The first-order valence-corrected chi connectivity index (χ1v) is 10.9. The van der Waals surface area contributed by atoms with Gasteiger partial charge in [0.25, 0.3) is 5.92 Å². The molecular weight excluding hydrogens is 400 g/mol. The molecule has 1 saturated carbocycles. The van der Waals surface area contributed by atoms with Gasteiger partial charge in [0, 0.05) is 35.0 Å². The van der Waals surface area contributed by atoms with Gasteiger partial charge in [-0.3, -0.25) is 5.10 Å². The Morgan fingerprint density at radius 3 is 2.56 bits per heavy atom. The van der Waals surface area contributed by atoms with Crippen LogP contribution in [0, 0.1) is 17.8 Å². The highest BCUT2D eigenvalue weighted by molar-refractivity contribution is 7.88. The number of nitrogens with zero attached hydrogens (tertiary/aromatic N) is 2. The SMILES string of the molecule is CS(=O)(=O)N1CC2CC[C@@H](C1)[C@@H]2C(F)(F)C(O)c1cc(Cl)cc2cn[nH]c12. The van der Waals surface area contributed by atoms with E-state index in [4.69, 9.17) is 11.6 Å². The third kappa shape index (κ3) is 3.14. The van der Waals surface area contributed by atoms with Crippen molar-refractivity contribution in [1.29, 1.82) is 0 Å². The van der Waals surface area contributed by atoms with Gasteiger partial charge in [0.2, 0.25) is 10.0 Å². The molecule has 2 bridgehead atoms. The molecule has 2 fully saturated rings. The number of aliphatic hydroxyl groups excluding tert-OH is 1. The summed E-state index contributed by atoms with van der Waals surface area (Å²) in [6, 6.07) is 2.91. The van der Waals surface area contributed by atoms with Crippen LogP contribution >= 0.6 is 11.6 Å². The van der Waals surface area contributed by atoms with E-state index in [1.54, 1.807) is 6.07 Å². The van der Waals surface area contributed by atoms with Crippen molar-refractivity contribution in [1.82, 2.24) is 14.5 Å².